The molecule has 1 unspecified atom stereocenters. The number of carbonyl (C=O) groups is 1. The summed E-state index contributed by atoms with van der Waals surface area (Å²) in [5, 5.41) is -1.07. The van der Waals surface area contributed by atoms with Crippen LogP contribution in [0.3, 0.4) is 0 Å². The maximum absolute atomic E-state index is 12.2. The molecule has 1 aromatic rings. The fourth-order valence-electron chi connectivity index (χ4n) is 1.27. The van der Waals surface area contributed by atoms with Gasteiger partial charge in [0.05, 0.1) is 16.5 Å². The maximum Gasteiger partial charge on any atom is 0.324 e. The highest BCUT2D eigenvalue weighted by molar-refractivity contribution is 7.92. The highest BCUT2D eigenvalue weighted by Crippen LogP contribution is 2.28. The minimum Gasteiger partial charge on any atom is -0.465 e. The third-order valence-corrected chi connectivity index (χ3v) is 5.03. The number of hydrogen-bond acceptors (Lipinski definition) is 4. The van der Waals surface area contributed by atoms with E-state index >= 15 is 0 Å². The standard InChI is InChI=1S/C11H12Cl2O4S/c1-3-17-11(14)7(2)18(15,16)10-6-8(12)4-5-9(10)13/h4-7H,3H2,1-2H3. The maximum atomic E-state index is 12.2. The van der Waals surface area contributed by atoms with Crippen LogP contribution in [0.2, 0.25) is 10.0 Å². The van der Waals surface area contributed by atoms with Crippen molar-refractivity contribution in [2.75, 3.05) is 6.61 Å². The zero-order chi connectivity index (χ0) is 13.9. The van der Waals surface area contributed by atoms with E-state index in [0.717, 1.165) is 0 Å². The molecule has 0 saturated heterocycles. The Morgan fingerprint density at radius 2 is 2.00 bits per heavy atom. The molecule has 0 N–H and O–H groups in total. The van der Waals surface area contributed by atoms with E-state index in [4.69, 9.17) is 23.2 Å². The minimum atomic E-state index is -3.90. The average Bonchev–Trinajstić information content (AvgIpc) is 2.31. The number of esters is 1. The molecule has 0 heterocycles. The van der Waals surface area contributed by atoms with Crippen LogP contribution in [0.5, 0.6) is 0 Å². The van der Waals surface area contributed by atoms with Gasteiger partial charge in [-0.1, -0.05) is 23.2 Å². The zero-order valence-corrected chi connectivity index (χ0v) is 12.1. The Kier molecular flexibility index (Phi) is 5.01. The molecule has 0 bridgehead atoms. The third-order valence-electron chi connectivity index (χ3n) is 2.28. The number of benzene rings is 1. The summed E-state index contributed by atoms with van der Waals surface area (Å²) in [5.41, 5.74) is 0. The number of rotatable bonds is 4. The van der Waals surface area contributed by atoms with E-state index in [-0.39, 0.29) is 21.5 Å². The van der Waals surface area contributed by atoms with Gasteiger partial charge in [-0.3, -0.25) is 4.79 Å². The van der Waals surface area contributed by atoms with Gasteiger partial charge in [-0.15, -0.1) is 0 Å². The number of carbonyl (C=O) groups excluding carboxylic acids is 1. The van der Waals surface area contributed by atoms with Crippen LogP contribution in [0, 0.1) is 0 Å². The fraction of sp³-hybridized carbons (Fsp3) is 0.364. The molecule has 0 fully saturated rings. The first-order chi connectivity index (χ1) is 8.30. The molecule has 0 aliphatic carbocycles. The predicted octanol–water partition coefficient (Wildman–Crippen LogP) is 2.72. The average molecular weight is 311 g/mol. The van der Waals surface area contributed by atoms with Crippen molar-refractivity contribution in [1.29, 1.82) is 0 Å². The molecule has 0 aromatic heterocycles. The molecule has 4 nitrogen and oxygen atoms in total. The van der Waals surface area contributed by atoms with Crippen LogP contribution in [0.1, 0.15) is 13.8 Å². The number of ether oxygens (including phenoxy) is 1. The van der Waals surface area contributed by atoms with E-state index in [9.17, 15) is 13.2 Å². The molecule has 0 saturated carbocycles. The van der Waals surface area contributed by atoms with Gasteiger partial charge < -0.3 is 4.74 Å². The third kappa shape index (κ3) is 3.16. The normalized spacial score (nSPS) is 13.1. The van der Waals surface area contributed by atoms with Crippen molar-refractivity contribution in [2.24, 2.45) is 0 Å². The molecule has 1 rings (SSSR count). The van der Waals surface area contributed by atoms with Crippen molar-refractivity contribution >= 4 is 39.0 Å². The molecule has 18 heavy (non-hydrogen) atoms. The molecule has 0 spiro atoms. The Morgan fingerprint density at radius 3 is 2.56 bits per heavy atom. The second-order valence-corrected chi connectivity index (χ2v) is 6.59. The van der Waals surface area contributed by atoms with Gasteiger partial charge >= 0.3 is 5.97 Å². The van der Waals surface area contributed by atoms with Gasteiger partial charge in [-0.25, -0.2) is 8.42 Å². The van der Waals surface area contributed by atoms with Gasteiger partial charge in [0.15, 0.2) is 15.1 Å². The van der Waals surface area contributed by atoms with Crippen molar-refractivity contribution in [3.05, 3.63) is 28.2 Å². The molecular weight excluding hydrogens is 299 g/mol. The van der Waals surface area contributed by atoms with Crippen LogP contribution in [0.25, 0.3) is 0 Å². The lowest BCUT2D eigenvalue weighted by atomic mass is 10.4. The van der Waals surface area contributed by atoms with E-state index < -0.39 is 21.1 Å². The zero-order valence-electron chi connectivity index (χ0n) is 9.81. The van der Waals surface area contributed by atoms with E-state index in [2.05, 4.69) is 4.74 Å². The summed E-state index contributed by atoms with van der Waals surface area (Å²) in [7, 11) is -3.90. The first-order valence-electron chi connectivity index (χ1n) is 5.16. The molecule has 0 aliphatic rings. The summed E-state index contributed by atoms with van der Waals surface area (Å²) < 4.78 is 29.0. The second kappa shape index (κ2) is 5.91. The summed E-state index contributed by atoms with van der Waals surface area (Å²) >= 11 is 11.5. The molecular formula is C11H12Cl2O4S. The Bertz CT molecular complexity index is 554. The molecule has 1 aromatic carbocycles. The van der Waals surface area contributed by atoms with E-state index in [1.807, 2.05) is 0 Å². The molecule has 7 heteroatoms. The molecule has 0 aliphatic heterocycles. The Morgan fingerprint density at radius 1 is 1.39 bits per heavy atom. The summed E-state index contributed by atoms with van der Waals surface area (Å²) in [6.07, 6.45) is 0. The minimum absolute atomic E-state index is 0.0237. The van der Waals surface area contributed by atoms with Crippen LogP contribution < -0.4 is 0 Å². The molecule has 100 valence electrons. The van der Waals surface area contributed by atoms with Crippen LogP contribution in [0.15, 0.2) is 23.1 Å². The first kappa shape index (κ1) is 15.3. The van der Waals surface area contributed by atoms with E-state index in [1.165, 1.54) is 25.1 Å². The molecule has 0 amide bonds. The van der Waals surface area contributed by atoms with Crippen LogP contribution >= 0.6 is 23.2 Å². The van der Waals surface area contributed by atoms with E-state index in [1.54, 1.807) is 6.92 Å². The summed E-state index contributed by atoms with van der Waals surface area (Å²) in [5.74, 6) is -0.812. The van der Waals surface area contributed by atoms with E-state index in [0.29, 0.717) is 0 Å². The summed E-state index contributed by atoms with van der Waals surface area (Å²) in [4.78, 5) is 11.3. The number of sulfone groups is 1. The number of hydrogen-bond donors (Lipinski definition) is 0. The lowest BCUT2D eigenvalue weighted by Gasteiger charge is -2.13. The Balaban J connectivity index is 3.21. The highest BCUT2D eigenvalue weighted by atomic mass is 35.5. The number of halogens is 2. The second-order valence-electron chi connectivity index (χ2n) is 3.51. The van der Waals surface area contributed by atoms with Gasteiger partial charge in [-0.05, 0) is 32.0 Å². The highest BCUT2D eigenvalue weighted by Gasteiger charge is 2.32. The van der Waals surface area contributed by atoms with Crippen LogP contribution in [-0.2, 0) is 19.4 Å². The van der Waals surface area contributed by atoms with Crippen LogP contribution in [-0.4, -0.2) is 26.2 Å². The largest absolute Gasteiger partial charge is 0.465 e. The Labute approximate surface area is 116 Å². The van der Waals surface area contributed by atoms with Gasteiger partial charge in [0.25, 0.3) is 0 Å². The topological polar surface area (TPSA) is 60.4 Å². The van der Waals surface area contributed by atoms with Crippen molar-refractivity contribution < 1.29 is 17.9 Å². The quantitative estimate of drug-likeness (QED) is 0.802. The van der Waals surface area contributed by atoms with Crippen LogP contribution in [0.4, 0.5) is 0 Å². The molecule has 1 atom stereocenters. The predicted molar refractivity (Wildman–Crippen MR) is 69.7 cm³/mol. The molecule has 0 radical (unpaired) electrons. The van der Waals surface area contributed by atoms with Crippen molar-refractivity contribution in [2.45, 2.75) is 24.0 Å². The summed E-state index contributed by atoms with van der Waals surface area (Å²) in [6.45, 7) is 2.97. The van der Waals surface area contributed by atoms with Gasteiger partial charge in [-0.2, -0.15) is 0 Å². The van der Waals surface area contributed by atoms with Gasteiger partial charge in [0.1, 0.15) is 0 Å². The monoisotopic (exact) mass is 310 g/mol. The summed E-state index contributed by atoms with van der Waals surface area (Å²) in [6, 6.07) is 4.06. The van der Waals surface area contributed by atoms with Gasteiger partial charge in [0.2, 0.25) is 0 Å². The first-order valence-corrected chi connectivity index (χ1v) is 7.46. The SMILES string of the molecule is CCOC(=O)C(C)S(=O)(=O)c1cc(Cl)ccc1Cl. The van der Waals surface area contributed by atoms with Crippen molar-refractivity contribution in [3.63, 3.8) is 0 Å². The Hall–Kier alpha value is -0.780. The smallest absolute Gasteiger partial charge is 0.324 e. The van der Waals surface area contributed by atoms with Crippen molar-refractivity contribution in [3.8, 4) is 0 Å². The van der Waals surface area contributed by atoms with Crippen molar-refractivity contribution in [1.82, 2.24) is 0 Å². The lowest BCUT2D eigenvalue weighted by molar-refractivity contribution is -0.142. The van der Waals surface area contributed by atoms with Gasteiger partial charge in [0, 0.05) is 5.02 Å². The lowest BCUT2D eigenvalue weighted by Crippen LogP contribution is -2.29. The fourth-order valence-corrected chi connectivity index (χ4v) is 3.28.